The Bertz CT molecular complexity index is 372. The van der Waals surface area contributed by atoms with Crippen LogP contribution in [0.1, 0.15) is 49.0 Å². The molecule has 3 heteroatoms. The minimum Gasteiger partial charge on any atom is -0.493 e. The zero-order chi connectivity index (χ0) is 12.7. The number of unbranched alkanes of at least 4 members (excludes halogenated alkanes) is 2. The molecule has 0 bridgehead atoms. The zero-order valence-corrected chi connectivity index (χ0v) is 10.5. The van der Waals surface area contributed by atoms with E-state index in [2.05, 4.69) is 6.92 Å². The van der Waals surface area contributed by atoms with E-state index in [0.29, 0.717) is 12.4 Å². The first-order valence-corrected chi connectivity index (χ1v) is 6.18. The average Bonchev–Trinajstić information content (AvgIpc) is 2.31. The Kier molecular flexibility index (Phi) is 5.53. The van der Waals surface area contributed by atoms with Crippen LogP contribution in [-0.4, -0.2) is 17.7 Å². The van der Waals surface area contributed by atoms with Crippen LogP contribution in [0.4, 0.5) is 0 Å². The maximum absolute atomic E-state index is 11.1. The summed E-state index contributed by atoms with van der Waals surface area (Å²) in [5.41, 5.74) is 1.33. The van der Waals surface area contributed by atoms with Crippen LogP contribution in [0.3, 0.4) is 0 Å². The van der Waals surface area contributed by atoms with Crippen molar-refractivity contribution in [1.29, 1.82) is 0 Å². The molecule has 17 heavy (non-hydrogen) atoms. The summed E-state index contributed by atoms with van der Waals surface area (Å²) in [6.07, 6.45) is 4.38. The Balaban J connectivity index is 2.81. The second kappa shape index (κ2) is 6.94. The van der Waals surface area contributed by atoms with Gasteiger partial charge in [-0.25, -0.2) is 4.79 Å². The highest BCUT2D eigenvalue weighted by molar-refractivity contribution is 5.91. The molecule has 0 amide bonds. The van der Waals surface area contributed by atoms with Gasteiger partial charge in [-0.1, -0.05) is 25.8 Å². The molecule has 0 saturated heterocycles. The number of hydrogen-bond donors (Lipinski definition) is 1. The predicted octanol–water partition coefficient (Wildman–Crippen LogP) is 3.52. The molecule has 1 aromatic rings. The lowest BCUT2D eigenvalue weighted by Gasteiger charge is -2.09. The summed E-state index contributed by atoms with van der Waals surface area (Å²) in [5.74, 6) is -0.468. The molecule has 0 radical (unpaired) electrons. The molecule has 0 aliphatic heterocycles. The summed E-state index contributed by atoms with van der Waals surface area (Å²) in [6.45, 7) is 4.48. The van der Waals surface area contributed by atoms with E-state index in [9.17, 15) is 4.79 Å². The molecule has 1 aromatic carbocycles. The predicted molar refractivity (Wildman–Crippen MR) is 67.8 cm³/mol. The van der Waals surface area contributed by atoms with Crippen LogP contribution < -0.4 is 4.74 Å². The van der Waals surface area contributed by atoms with Crippen LogP contribution in [0, 0.1) is 0 Å². The topological polar surface area (TPSA) is 46.5 Å². The van der Waals surface area contributed by atoms with Gasteiger partial charge in [0, 0.05) is 0 Å². The molecule has 0 aliphatic carbocycles. The van der Waals surface area contributed by atoms with E-state index in [1.165, 1.54) is 12.8 Å². The van der Waals surface area contributed by atoms with E-state index < -0.39 is 5.97 Å². The quantitative estimate of drug-likeness (QED) is 0.737. The van der Waals surface area contributed by atoms with Crippen molar-refractivity contribution in [1.82, 2.24) is 0 Å². The monoisotopic (exact) mass is 236 g/mol. The summed E-state index contributed by atoms with van der Waals surface area (Å²) < 4.78 is 5.30. The van der Waals surface area contributed by atoms with Gasteiger partial charge < -0.3 is 9.84 Å². The molecule has 0 unspecified atom stereocenters. The zero-order valence-electron chi connectivity index (χ0n) is 10.5. The molecule has 0 atom stereocenters. The van der Waals surface area contributed by atoms with Crippen molar-refractivity contribution >= 4 is 5.97 Å². The van der Waals surface area contributed by atoms with E-state index in [0.717, 1.165) is 18.4 Å². The second-order valence-electron chi connectivity index (χ2n) is 4.03. The molecule has 0 aromatic heterocycles. The van der Waals surface area contributed by atoms with Crippen molar-refractivity contribution in [2.75, 3.05) is 6.61 Å². The lowest BCUT2D eigenvalue weighted by atomic mass is 10.0. The Morgan fingerprint density at radius 3 is 2.65 bits per heavy atom. The minimum atomic E-state index is -0.925. The molecule has 0 fully saturated rings. The number of carboxylic acid groups (broad SMARTS) is 1. The van der Waals surface area contributed by atoms with Gasteiger partial charge in [-0.3, -0.25) is 0 Å². The highest BCUT2D eigenvalue weighted by Crippen LogP contribution is 2.21. The third-order valence-corrected chi connectivity index (χ3v) is 2.64. The first kappa shape index (κ1) is 13.6. The van der Waals surface area contributed by atoms with Gasteiger partial charge in [-0.2, -0.15) is 0 Å². The van der Waals surface area contributed by atoms with Crippen molar-refractivity contribution in [3.63, 3.8) is 0 Å². The van der Waals surface area contributed by atoms with Gasteiger partial charge >= 0.3 is 5.97 Å². The van der Waals surface area contributed by atoms with Crippen LogP contribution in [-0.2, 0) is 6.42 Å². The average molecular weight is 236 g/mol. The van der Waals surface area contributed by atoms with Gasteiger partial charge in [-0.05, 0) is 37.5 Å². The van der Waals surface area contributed by atoms with E-state index >= 15 is 0 Å². The number of aryl methyl sites for hydroxylation is 1. The lowest BCUT2D eigenvalue weighted by Crippen LogP contribution is -2.03. The normalized spacial score (nSPS) is 10.2. The molecule has 3 nitrogen and oxygen atoms in total. The van der Waals surface area contributed by atoms with Crippen LogP contribution >= 0.6 is 0 Å². The van der Waals surface area contributed by atoms with Crippen LogP contribution in [0.2, 0.25) is 0 Å². The van der Waals surface area contributed by atoms with E-state index in [4.69, 9.17) is 9.84 Å². The molecule has 0 aliphatic rings. The Morgan fingerprint density at radius 2 is 2.06 bits per heavy atom. The standard InChI is InChI=1S/C14H20O3/c1-3-5-6-7-11-8-9-13(17-4-2)12(10-11)14(15)16/h8-10H,3-7H2,1-2H3,(H,15,16). The second-order valence-corrected chi connectivity index (χ2v) is 4.03. The van der Waals surface area contributed by atoms with Gasteiger partial charge in [0.15, 0.2) is 0 Å². The number of ether oxygens (including phenoxy) is 1. The van der Waals surface area contributed by atoms with E-state index in [1.54, 1.807) is 12.1 Å². The smallest absolute Gasteiger partial charge is 0.339 e. The van der Waals surface area contributed by atoms with Crippen molar-refractivity contribution in [3.05, 3.63) is 29.3 Å². The van der Waals surface area contributed by atoms with Crippen LogP contribution in [0.25, 0.3) is 0 Å². The van der Waals surface area contributed by atoms with Crippen molar-refractivity contribution in [2.24, 2.45) is 0 Å². The van der Waals surface area contributed by atoms with Gasteiger partial charge in [0.1, 0.15) is 11.3 Å². The largest absolute Gasteiger partial charge is 0.493 e. The number of rotatable bonds is 7. The van der Waals surface area contributed by atoms with Gasteiger partial charge in [0.25, 0.3) is 0 Å². The van der Waals surface area contributed by atoms with Gasteiger partial charge in [0.2, 0.25) is 0 Å². The fourth-order valence-corrected chi connectivity index (χ4v) is 1.76. The summed E-state index contributed by atoms with van der Waals surface area (Å²) in [4.78, 5) is 11.1. The van der Waals surface area contributed by atoms with Crippen molar-refractivity contribution < 1.29 is 14.6 Å². The molecule has 1 rings (SSSR count). The Hall–Kier alpha value is -1.51. The van der Waals surface area contributed by atoms with Gasteiger partial charge in [-0.15, -0.1) is 0 Å². The molecule has 0 spiro atoms. The van der Waals surface area contributed by atoms with Crippen LogP contribution in [0.15, 0.2) is 18.2 Å². The van der Waals surface area contributed by atoms with E-state index in [-0.39, 0.29) is 5.56 Å². The summed E-state index contributed by atoms with van der Waals surface area (Å²) in [7, 11) is 0. The third-order valence-electron chi connectivity index (χ3n) is 2.64. The highest BCUT2D eigenvalue weighted by Gasteiger charge is 2.11. The Labute approximate surface area is 102 Å². The molecular weight excluding hydrogens is 216 g/mol. The number of carboxylic acids is 1. The maximum atomic E-state index is 11.1. The van der Waals surface area contributed by atoms with Crippen molar-refractivity contribution in [3.8, 4) is 5.75 Å². The van der Waals surface area contributed by atoms with Crippen LogP contribution in [0.5, 0.6) is 5.75 Å². The maximum Gasteiger partial charge on any atom is 0.339 e. The first-order chi connectivity index (χ1) is 8.19. The minimum absolute atomic E-state index is 0.265. The number of carbonyl (C=O) groups is 1. The number of aromatic carboxylic acids is 1. The fourth-order valence-electron chi connectivity index (χ4n) is 1.76. The molecule has 0 heterocycles. The summed E-state index contributed by atoms with van der Waals surface area (Å²) in [5, 5.41) is 9.11. The van der Waals surface area contributed by atoms with Gasteiger partial charge in [0.05, 0.1) is 6.61 Å². The summed E-state index contributed by atoms with van der Waals surface area (Å²) in [6, 6.07) is 5.43. The fraction of sp³-hybridized carbons (Fsp3) is 0.500. The SMILES string of the molecule is CCCCCc1ccc(OCC)c(C(=O)O)c1. The first-order valence-electron chi connectivity index (χ1n) is 6.18. The lowest BCUT2D eigenvalue weighted by molar-refractivity contribution is 0.0692. The molecule has 0 saturated carbocycles. The third kappa shape index (κ3) is 4.10. The van der Waals surface area contributed by atoms with E-state index in [1.807, 2.05) is 13.0 Å². The molecular formula is C14H20O3. The number of hydrogen-bond acceptors (Lipinski definition) is 2. The molecule has 1 N–H and O–H groups in total. The van der Waals surface area contributed by atoms with Crippen molar-refractivity contribution in [2.45, 2.75) is 39.5 Å². The number of benzene rings is 1. The molecule has 94 valence electrons. The highest BCUT2D eigenvalue weighted by atomic mass is 16.5. The summed E-state index contributed by atoms with van der Waals surface area (Å²) >= 11 is 0. The Morgan fingerprint density at radius 1 is 1.29 bits per heavy atom.